The molecule has 0 aromatic heterocycles. The fourth-order valence-corrected chi connectivity index (χ4v) is 2.10. The van der Waals surface area contributed by atoms with Crippen LogP contribution in [0.1, 0.15) is 37.3 Å². The Hall–Kier alpha value is -1.11. The maximum absolute atomic E-state index is 11.1. The maximum Gasteiger partial charge on any atom is 0.130 e. The largest absolute Gasteiger partial charge is 0.302 e. The van der Waals surface area contributed by atoms with Crippen molar-refractivity contribution in [1.29, 1.82) is 0 Å². The van der Waals surface area contributed by atoms with Gasteiger partial charge in [-0.15, -0.1) is 0 Å². The number of rotatable bonds is 3. The van der Waals surface area contributed by atoms with Crippen LogP contribution in [0, 0.1) is 0 Å². The number of benzene rings is 1. The van der Waals surface area contributed by atoms with E-state index in [1.807, 2.05) is 0 Å². The lowest BCUT2D eigenvalue weighted by atomic mass is 9.65. The fourth-order valence-electron chi connectivity index (χ4n) is 2.10. The lowest BCUT2D eigenvalue weighted by Gasteiger charge is -2.37. The third-order valence-electron chi connectivity index (χ3n) is 3.41. The van der Waals surface area contributed by atoms with Gasteiger partial charge in [0.2, 0.25) is 0 Å². The van der Waals surface area contributed by atoms with Crippen molar-refractivity contribution in [2.45, 2.75) is 38.0 Å². The molecule has 1 fully saturated rings. The van der Waals surface area contributed by atoms with E-state index >= 15 is 0 Å². The molecule has 0 amide bonds. The molecule has 0 N–H and O–H groups in total. The quantitative estimate of drug-likeness (QED) is 0.667. The van der Waals surface area contributed by atoms with Crippen molar-refractivity contribution in [2.24, 2.45) is 0 Å². The van der Waals surface area contributed by atoms with Gasteiger partial charge >= 0.3 is 0 Å². The lowest BCUT2D eigenvalue weighted by molar-refractivity contribution is -0.115. The zero-order chi connectivity index (χ0) is 10.0. The molecule has 14 heavy (non-hydrogen) atoms. The molecule has 0 bridgehead atoms. The van der Waals surface area contributed by atoms with Crippen LogP contribution >= 0.6 is 0 Å². The summed E-state index contributed by atoms with van der Waals surface area (Å²) in [6.45, 7) is 2.15. The second kappa shape index (κ2) is 3.56. The van der Waals surface area contributed by atoms with Crippen LogP contribution in [-0.2, 0) is 16.6 Å². The van der Waals surface area contributed by atoms with Crippen LogP contribution in [-0.4, -0.2) is 6.29 Å². The van der Waals surface area contributed by atoms with Crippen LogP contribution < -0.4 is 0 Å². The van der Waals surface area contributed by atoms with E-state index in [9.17, 15) is 4.79 Å². The van der Waals surface area contributed by atoms with Gasteiger partial charge < -0.3 is 4.79 Å². The van der Waals surface area contributed by atoms with Crippen LogP contribution in [0.5, 0.6) is 0 Å². The Morgan fingerprint density at radius 1 is 1.29 bits per heavy atom. The monoisotopic (exact) mass is 188 g/mol. The van der Waals surface area contributed by atoms with E-state index in [4.69, 9.17) is 0 Å². The molecule has 1 saturated carbocycles. The highest BCUT2D eigenvalue weighted by Crippen LogP contribution is 2.41. The number of aldehydes is 1. The first-order valence-electron chi connectivity index (χ1n) is 5.36. The zero-order valence-electron chi connectivity index (χ0n) is 8.62. The zero-order valence-corrected chi connectivity index (χ0v) is 8.62. The highest BCUT2D eigenvalue weighted by atomic mass is 16.1. The number of aryl methyl sites for hydroxylation is 1. The molecule has 1 aromatic rings. The Morgan fingerprint density at radius 3 is 2.29 bits per heavy atom. The first-order valence-corrected chi connectivity index (χ1v) is 5.36. The molecule has 0 saturated heterocycles. The summed E-state index contributed by atoms with van der Waals surface area (Å²) in [5.74, 6) is 0. The first-order chi connectivity index (χ1) is 6.80. The number of carbonyl (C=O) groups excluding carboxylic acids is 1. The Bertz CT molecular complexity index is 320. The summed E-state index contributed by atoms with van der Waals surface area (Å²) in [4.78, 5) is 11.1. The molecule has 1 aromatic carbocycles. The second-order valence-corrected chi connectivity index (χ2v) is 4.18. The summed E-state index contributed by atoms with van der Waals surface area (Å²) in [7, 11) is 0. The predicted molar refractivity (Wildman–Crippen MR) is 57.4 cm³/mol. The summed E-state index contributed by atoms with van der Waals surface area (Å²) in [6.07, 6.45) is 5.45. The van der Waals surface area contributed by atoms with Crippen molar-refractivity contribution in [3.63, 3.8) is 0 Å². The molecule has 74 valence electrons. The first kappa shape index (κ1) is 9.45. The Morgan fingerprint density at radius 2 is 1.93 bits per heavy atom. The lowest BCUT2D eigenvalue weighted by Crippen LogP contribution is -2.35. The topological polar surface area (TPSA) is 17.1 Å². The van der Waals surface area contributed by atoms with Crippen molar-refractivity contribution >= 4 is 6.29 Å². The second-order valence-electron chi connectivity index (χ2n) is 4.18. The normalized spacial score (nSPS) is 18.6. The summed E-state index contributed by atoms with van der Waals surface area (Å²) >= 11 is 0. The van der Waals surface area contributed by atoms with Gasteiger partial charge in [-0.3, -0.25) is 0 Å². The molecular formula is C13H16O. The van der Waals surface area contributed by atoms with Gasteiger partial charge in [0.15, 0.2) is 0 Å². The summed E-state index contributed by atoms with van der Waals surface area (Å²) < 4.78 is 0. The Labute approximate surface area is 85.1 Å². The van der Waals surface area contributed by atoms with Gasteiger partial charge in [-0.25, -0.2) is 0 Å². The fraction of sp³-hybridized carbons (Fsp3) is 0.462. The molecule has 1 aliphatic carbocycles. The molecule has 1 aliphatic rings. The number of carbonyl (C=O) groups is 1. The van der Waals surface area contributed by atoms with E-state index in [1.165, 1.54) is 17.5 Å². The molecular weight excluding hydrogens is 172 g/mol. The molecule has 0 atom stereocenters. The van der Waals surface area contributed by atoms with E-state index < -0.39 is 0 Å². The highest BCUT2D eigenvalue weighted by Gasteiger charge is 2.38. The molecule has 1 nitrogen and oxygen atoms in total. The van der Waals surface area contributed by atoms with Crippen molar-refractivity contribution in [3.8, 4) is 0 Å². The standard InChI is InChI=1S/C13H16O/c1-2-11-4-6-12(7-5-11)13(10-14)8-3-9-13/h4-7,10H,2-3,8-9H2,1H3. The molecule has 0 aliphatic heterocycles. The van der Waals surface area contributed by atoms with Crippen LogP contribution in [0.25, 0.3) is 0 Å². The maximum atomic E-state index is 11.1. The number of hydrogen-bond acceptors (Lipinski definition) is 1. The highest BCUT2D eigenvalue weighted by molar-refractivity contribution is 5.70. The van der Waals surface area contributed by atoms with Gasteiger partial charge in [0.1, 0.15) is 6.29 Å². The smallest absolute Gasteiger partial charge is 0.130 e. The SMILES string of the molecule is CCc1ccc(C2(C=O)CCC2)cc1. The molecule has 1 heteroatoms. The molecule has 2 rings (SSSR count). The van der Waals surface area contributed by atoms with Crippen molar-refractivity contribution in [2.75, 3.05) is 0 Å². The van der Waals surface area contributed by atoms with Crippen molar-refractivity contribution in [1.82, 2.24) is 0 Å². The van der Waals surface area contributed by atoms with Crippen LogP contribution in [0.15, 0.2) is 24.3 Å². The summed E-state index contributed by atoms with van der Waals surface area (Å²) in [6, 6.07) is 8.51. The predicted octanol–water partition coefficient (Wildman–Crippen LogP) is 2.87. The van der Waals surface area contributed by atoms with Gasteiger partial charge in [0.05, 0.1) is 5.41 Å². The van der Waals surface area contributed by atoms with E-state index in [1.54, 1.807) is 0 Å². The minimum Gasteiger partial charge on any atom is -0.302 e. The third-order valence-corrected chi connectivity index (χ3v) is 3.41. The average molecular weight is 188 g/mol. The van der Waals surface area contributed by atoms with E-state index in [2.05, 4.69) is 31.2 Å². The Kier molecular flexibility index (Phi) is 2.40. The summed E-state index contributed by atoms with van der Waals surface area (Å²) in [5.41, 5.74) is 2.41. The Balaban J connectivity index is 2.27. The van der Waals surface area contributed by atoms with Gasteiger partial charge in [-0.1, -0.05) is 37.6 Å². The van der Waals surface area contributed by atoms with E-state index in [0.717, 1.165) is 25.5 Å². The summed E-state index contributed by atoms with van der Waals surface area (Å²) in [5, 5.41) is 0. The minimum atomic E-state index is -0.133. The van der Waals surface area contributed by atoms with Crippen LogP contribution in [0.4, 0.5) is 0 Å². The van der Waals surface area contributed by atoms with Gasteiger partial charge in [0.25, 0.3) is 0 Å². The molecule has 0 heterocycles. The van der Waals surface area contributed by atoms with Crippen molar-refractivity contribution < 1.29 is 4.79 Å². The minimum absolute atomic E-state index is 0.133. The third kappa shape index (κ3) is 1.37. The molecule has 0 radical (unpaired) electrons. The van der Waals surface area contributed by atoms with Gasteiger partial charge in [0, 0.05) is 0 Å². The molecule has 0 spiro atoms. The average Bonchev–Trinajstić information content (AvgIpc) is 2.18. The van der Waals surface area contributed by atoms with E-state index in [0.29, 0.717) is 0 Å². The number of hydrogen-bond donors (Lipinski definition) is 0. The van der Waals surface area contributed by atoms with Crippen LogP contribution in [0.2, 0.25) is 0 Å². The van der Waals surface area contributed by atoms with Gasteiger partial charge in [-0.2, -0.15) is 0 Å². The van der Waals surface area contributed by atoms with Crippen molar-refractivity contribution in [3.05, 3.63) is 35.4 Å². The van der Waals surface area contributed by atoms with Gasteiger partial charge in [-0.05, 0) is 30.4 Å². The van der Waals surface area contributed by atoms with E-state index in [-0.39, 0.29) is 5.41 Å². The van der Waals surface area contributed by atoms with Crippen LogP contribution in [0.3, 0.4) is 0 Å². The molecule has 0 unspecified atom stereocenters.